The first-order chi connectivity index (χ1) is 8.18. The molecular weight excluding hydrogens is 218 g/mol. The average molecular weight is 247 g/mol. The minimum Gasteiger partial charge on any atom is -0.481 e. The van der Waals surface area contributed by atoms with E-state index in [0.29, 0.717) is 13.0 Å². The normalized spacial score (nSPS) is 9.59. The van der Waals surface area contributed by atoms with Crippen LogP contribution in [-0.4, -0.2) is 36.4 Å². The van der Waals surface area contributed by atoms with Crippen molar-refractivity contribution in [2.24, 2.45) is 0 Å². The van der Waals surface area contributed by atoms with Gasteiger partial charge >= 0.3 is 5.97 Å². The van der Waals surface area contributed by atoms with Crippen LogP contribution in [0.5, 0.6) is 0 Å². The fourth-order valence-electron chi connectivity index (χ4n) is 1.35. The molecule has 4 heteroatoms. The third-order valence-electron chi connectivity index (χ3n) is 2.36. The van der Waals surface area contributed by atoms with E-state index < -0.39 is 5.97 Å². The Kier molecular flexibility index (Phi) is 19.6. The molecule has 4 nitrogen and oxygen atoms in total. The number of nitrogens with one attached hydrogen (secondary N) is 1. The number of carbonyl (C=O) groups is 1. The van der Waals surface area contributed by atoms with Crippen molar-refractivity contribution in [2.45, 2.75) is 58.3 Å². The molecule has 0 atom stereocenters. The van der Waals surface area contributed by atoms with Crippen molar-refractivity contribution in [3.8, 4) is 0 Å². The molecule has 104 valence electrons. The van der Waals surface area contributed by atoms with Gasteiger partial charge in [-0.05, 0) is 13.5 Å². The van der Waals surface area contributed by atoms with Gasteiger partial charge in [-0.2, -0.15) is 0 Å². The zero-order valence-electron chi connectivity index (χ0n) is 11.4. The summed E-state index contributed by atoms with van der Waals surface area (Å²) in [5.74, 6) is -0.663. The van der Waals surface area contributed by atoms with E-state index in [1.54, 1.807) is 7.05 Å². The zero-order valence-corrected chi connectivity index (χ0v) is 11.4. The van der Waals surface area contributed by atoms with Crippen LogP contribution in [-0.2, 0) is 4.79 Å². The lowest BCUT2D eigenvalue weighted by Gasteiger charge is -1.98. The lowest BCUT2D eigenvalue weighted by molar-refractivity contribution is -0.137. The Morgan fingerprint density at radius 3 is 1.94 bits per heavy atom. The number of carboxylic acid groups (broad SMARTS) is 1. The quantitative estimate of drug-likeness (QED) is 0.518. The number of hydrogen-bond donors (Lipinski definition) is 3. The molecule has 0 saturated carbocycles. The second kappa shape index (κ2) is 17.8. The first kappa shape index (κ1) is 18.7. The maximum absolute atomic E-state index is 10.1. The van der Waals surface area contributed by atoms with Crippen molar-refractivity contribution in [2.75, 3.05) is 20.2 Å². The summed E-state index contributed by atoms with van der Waals surface area (Å²) in [6, 6.07) is 0. The zero-order chi connectivity index (χ0) is 13.4. The van der Waals surface area contributed by atoms with Crippen LogP contribution in [0.2, 0.25) is 0 Å². The second-order valence-corrected chi connectivity index (χ2v) is 4.09. The van der Waals surface area contributed by atoms with E-state index >= 15 is 0 Å². The van der Waals surface area contributed by atoms with Gasteiger partial charge in [-0.25, -0.2) is 0 Å². The summed E-state index contributed by atoms with van der Waals surface area (Å²) in [7, 11) is 1.80. The number of aliphatic carboxylic acids is 1. The highest BCUT2D eigenvalue weighted by Crippen LogP contribution is 2.07. The third-order valence-corrected chi connectivity index (χ3v) is 2.36. The SMILES string of the molecule is CCCCCCCCCC(=O)O.CNCCO. The Labute approximate surface area is 105 Å². The first-order valence-corrected chi connectivity index (χ1v) is 6.66. The molecule has 17 heavy (non-hydrogen) atoms. The van der Waals surface area contributed by atoms with E-state index in [9.17, 15) is 4.79 Å². The van der Waals surface area contributed by atoms with Gasteiger partial charge in [0.05, 0.1) is 6.61 Å². The van der Waals surface area contributed by atoms with Gasteiger partial charge in [0.25, 0.3) is 0 Å². The van der Waals surface area contributed by atoms with E-state index in [2.05, 4.69) is 12.2 Å². The lowest BCUT2D eigenvalue weighted by atomic mass is 10.1. The molecule has 0 aliphatic heterocycles. The van der Waals surface area contributed by atoms with Gasteiger partial charge in [-0.1, -0.05) is 45.4 Å². The average Bonchev–Trinajstić information content (AvgIpc) is 2.29. The van der Waals surface area contributed by atoms with Gasteiger partial charge in [-0.3, -0.25) is 4.79 Å². The highest BCUT2D eigenvalue weighted by atomic mass is 16.4. The predicted molar refractivity (Wildman–Crippen MR) is 71.3 cm³/mol. The first-order valence-electron chi connectivity index (χ1n) is 6.66. The molecule has 0 heterocycles. The minimum absolute atomic E-state index is 0.233. The Morgan fingerprint density at radius 2 is 1.59 bits per heavy atom. The molecule has 0 radical (unpaired) electrons. The molecular formula is C13H29NO3. The molecule has 0 bridgehead atoms. The Hall–Kier alpha value is -0.610. The van der Waals surface area contributed by atoms with Crippen molar-refractivity contribution in [3.63, 3.8) is 0 Å². The van der Waals surface area contributed by atoms with Crippen LogP contribution < -0.4 is 5.32 Å². The van der Waals surface area contributed by atoms with Gasteiger partial charge in [0.15, 0.2) is 0 Å². The summed E-state index contributed by atoms with van der Waals surface area (Å²) in [6.07, 6.45) is 8.64. The lowest BCUT2D eigenvalue weighted by Crippen LogP contribution is -2.10. The van der Waals surface area contributed by atoms with Gasteiger partial charge in [-0.15, -0.1) is 0 Å². The third kappa shape index (κ3) is 25.6. The monoisotopic (exact) mass is 247 g/mol. The Bertz CT molecular complexity index is 150. The topological polar surface area (TPSA) is 69.6 Å². The maximum Gasteiger partial charge on any atom is 0.303 e. The highest BCUT2D eigenvalue weighted by Gasteiger charge is 1.95. The van der Waals surface area contributed by atoms with E-state index in [1.165, 1.54) is 32.1 Å². The summed E-state index contributed by atoms with van der Waals surface area (Å²) >= 11 is 0. The highest BCUT2D eigenvalue weighted by molar-refractivity contribution is 5.66. The van der Waals surface area contributed by atoms with Crippen LogP contribution in [0, 0.1) is 0 Å². The molecule has 0 spiro atoms. The molecule has 0 aliphatic rings. The number of carboxylic acids is 1. The van der Waals surface area contributed by atoms with E-state index in [-0.39, 0.29) is 6.61 Å². The number of hydrogen-bond acceptors (Lipinski definition) is 3. The molecule has 0 amide bonds. The summed E-state index contributed by atoms with van der Waals surface area (Å²) in [5.41, 5.74) is 0. The number of likely N-dealkylation sites (N-methyl/N-ethyl adjacent to an activating group) is 1. The molecule has 0 aromatic rings. The molecule has 0 saturated heterocycles. The molecule has 0 rings (SSSR count). The van der Waals surface area contributed by atoms with Crippen molar-refractivity contribution in [1.82, 2.24) is 5.32 Å². The summed E-state index contributed by atoms with van der Waals surface area (Å²) in [5, 5.41) is 19.1. The van der Waals surface area contributed by atoms with E-state index in [1.807, 2.05) is 0 Å². The van der Waals surface area contributed by atoms with E-state index in [0.717, 1.165) is 12.8 Å². The largest absolute Gasteiger partial charge is 0.481 e. The van der Waals surface area contributed by atoms with Crippen LogP contribution in [0.15, 0.2) is 0 Å². The Balaban J connectivity index is 0. The number of unbranched alkanes of at least 4 members (excludes halogenated alkanes) is 6. The molecule has 0 aromatic carbocycles. The number of rotatable bonds is 10. The molecule has 0 aromatic heterocycles. The van der Waals surface area contributed by atoms with Gasteiger partial charge in [0.1, 0.15) is 0 Å². The Morgan fingerprint density at radius 1 is 1.06 bits per heavy atom. The number of aliphatic hydroxyl groups is 1. The molecule has 0 unspecified atom stereocenters. The fourth-order valence-corrected chi connectivity index (χ4v) is 1.35. The fraction of sp³-hybridized carbons (Fsp3) is 0.923. The maximum atomic E-state index is 10.1. The summed E-state index contributed by atoms with van der Waals surface area (Å²) < 4.78 is 0. The van der Waals surface area contributed by atoms with Crippen molar-refractivity contribution < 1.29 is 15.0 Å². The second-order valence-electron chi connectivity index (χ2n) is 4.09. The molecule has 3 N–H and O–H groups in total. The molecule has 0 aliphatic carbocycles. The van der Waals surface area contributed by atoms with Crippen LogP contribution in [0.4, 0.5) is 0 Å². The standard InChI is InChI=1S/C10H20O2.C3H9NO/c1-2-3-4-5-6-7-8-9-10(11)12;1-4-2-3-5/h2-9H2,1H3,(H,11,12);4-5H,2-3H2,1H3. The molecule has 0 fully saturated rings. The van der Waals surface area contributed by atoms with Gasteiger partial charge < -0.3 is 15.5 Å². The summed E-state index contributed by atoms with van der Waals surface area (Å²) in [4.78, 5) is 10.1. The predicted octanol–water partition coefficient (Wildman–Crippen LogP) is 2.41. The minimum atomic E-state index is -0.663. The van der Waals surface area contributed by atoms with Gasteiger partial charge in [0, 0.05) is 13.0 Å². The van der Waals surface area contributed by atoms with Crippen LogP contribution in [0.1, 0.15) is 58.3 Å². The van der Waals surface area contributed by atoms with E-state index in [4.69, 9.17) is 10.2 Å². The van der Waals surface area contributed by atoms with Gasteiger partial charge in [0.2, 0.25) is 0 Å². The van der Waals surface area contributed by atoms with Crippen molar-refractivity contribution in [1.29, 1.82) is 0 Å². The van der Waals surface area contributed by atoms with Crippen LogP contribution in [0.3, 0.4) is 0 Å². The van der Waals surface area contributed by atoms with Crippen molar-refractivity contribution in [3.05, 3.63) is 0 Å². The summed E-state index contributed by atoms with van der Waals surface area (Å²) in [6.45, 7) is 3.13. The number of aliphatic hydroxyl groups excluding tert-OH is 1. The van der Waals surface area contributed by atoms with Crippen molar-refractivity contribution >= 4 is 5.97 Å². The van der Waals surface area contributed by atoms with Crippen LogP contribution >= 0.6 is 0 Å². The van der Waals surface area contributed by atoms with Crippen LogP contribution in [0.25, 0.3) is 0 Å². The smallest absolute Gasteiger partial charge is 0.303 e.